The number of aromatic nitrogens is 1. The van der Waals surface area contributed by atoms with Gasteiger partial charge in [0, 0.05) is 18.9 Å². The summed E-state index contributed by atoms with van der Waals surface area (Å²) in [4.78, 5) is 3.86. The molecule has 1 heterocycles. The molecule has 1 aromatic heterocycles. The fraction of sp³-hybridized carbons (Fsp3) is 0.500. The lowest BCUT2D eigenvalue weighted by Gasteiger charge is -2.05. The van der Waals surface area contributed by atoms with Crippen molar-refractivity contribution in [3.8, 4) is 0 Å². The number of hydrogen-bond acceptors (Lipinski definition) is 3. The number of nitrogens with zero attached hydrogens (tertiary/aromatic N) is 1. The Morgan fingerprint density at radius 2 is 2.00 bits per heavy atom. The number of rotatable bonds is 6. The van der Waals surface area contributed by atoms with E-state index in [1.54, 1.807) is 24.5 Å². The molecule has 1 N–H and O–H groups in total. The van der Waals surface area contributed by atoms with Gasteiger partial charge < -0.3 is 0 Å². The molecule has 0 aliphatic heterocycles. The molecule has 1 rings (SSSR count). The summed E-state index contributed by atoms with van der Waals surface area (Å²) in [6, 6.07) is 3.59. The molecule has 0 unspecified atom stereocenters. The molecule has 5 heteroatoms. The second-order valence-corrected chi connectivity index (χ2v) is 5.28. The standard InChI is InChI=1S/C10H16N2O2S/c1-2-3-8-15(13,14)12-9-10-4-6-11-7-5-10/h4-7,12H,2-3,8-9H2,1H3. The summed E-state index contributed by atoms with van der Waals surface area (Å²) >= 11 is 0. The van der Waals surface area contributed by atoms with Gasteiger partial charge in [-0.3, -0.25) is 4.98 Å². The Bertz CT molecular complexity index is 376. The quantitative estimate of drug-likeness (QED) is 0.798. The Kier molecular flexibility index (Phi) is 4.71. The van der Waals surface area contributed by atoms with Crippen LogP contribution in [-0.4, -0.2) is 19.2 Å². The van der Waals surface area contributed by atoms with Crippen LogP contribution in [0, 0.1) is 0 Å². The third kappa shape index (κ3) is 4.90. The normalized spacial score (nSPS) is 11.5. The molecule has 0 aromatic carbocycles. The summed E-state index contributed by atoms with van der Waals surface area (Å²) in [5, 5.41) is 0. The van der Waals surface area contributed by atoms with E-state index >= 15 is 0 Å². The molecule has 0 spiro atoms. The smallest absolute Gasteiger partial charge is 0.211 e. The predicted octanol–water partition coefficient (Wildman–Crippen LogP) is 1.30. The molecule has 15 heavy (non-hydrogen) atoms. The number of unbranched alkanes of at least 4 members (excludes halogenated alkanes) is 1. The number of sulfonamides is 1. The zero-order valence-corrected chi connectivity index (χ0v) is 9.63. The van der Waals surface area contributed by atoms with Crippen LogP contribution in [0.4, 0.5) is 0 Å². The van der Waals surface area contributed by atoms with Gasteiger partial charge in [-0.2, -0.15) is 0 Å². The molecule has 0 aliphatic carbocycles. The summed E-state index contributed by atoms with van der Waals surface area (Å²) in [6.07, 6.45) is 4.88. The van der Waals surface area contributed by atoms with Gasteiger partial charge >= 0.3 is 0 Å². The van der Waals surface area contributed by atoms with Gasteiger partial charge in [-0.05, 0) is 24.1 Å². The molecular weight excluding hydrogens is 212 g/mol. The molecule has 0 saturated heterocycles. The highest BCUT2D eigenvalue weighted by molar-refractivity contribution is 7.89. The molecule has 0 radical (unpaired) electrons. The van der Waals surface area contributed by atoms with E-state index in [-0.39, 0.29) is 5.75 Å². The first kappa shape index (κ1) is 12.1. The summed E-state index contributed by atoms with van der Waals surface area (Å²) in [6.45, 7) is 2.31. The molecule has 0 amide bonds. The van der Waals surface area contributed by atoms with Crippen LogP contribution in [0.25, 0.3) is 0 Å². The third-order valence-corrected chi connectivity index (χ3v) is 3.42. The van der Waals surface area contributed by atoms with Gasteiger partial charge in [-0.15, -0.1) is 0 Å². The maximum atomic E-state index is 11.4. The summed E-state index contributed by atoms with van der Waals surface area (Å²) < 4.78 is 25.4. The highest BCUT2D eigenvalue weighted by Gasteiger charge is 2.08. The Balaban J connectivity index is 2.43. The lowest BCUT2D eigenvalue weighted by Crippen LogP contribution is -2.25. The van der Waals surface area contributed by atoms with Crippen molar-refractivity contribution >= 4 is 10.0 Å². The van der Waals surface area contributed by atoms with Crippen LogP contribution >= 0.6 is 0 Å². The van der Waals surface area contributed by atoms with Crippen molar-refractivity contribution in [2.75, 3.05) is 5.75 Å². The largest absolute Gasteiger partial charge is 0.265 e. The average molecular weight is 228 g/mol. The molecule has 0 saturated carbocycles. The SMILES string of the molecule is CCCCS(=O)(=O)NCc1ccncc1. The van der Waals surface area contributed by atoms with Gasteiger partial charge in [0.2, 0.25) is 10.0 Å². The van der Waals surface area contributed by atoms with E-state index in [9.17, 15) is 8.42 Å². The van der Waals surface area contributed by atoms with E-state index in [4.69, 9.17) is 0 Å². The monoisotopic (exact) mass is 228 g/mol. The Morgan fingerprint density at radius 1 is 1.33 bits per heavy atom. The molecule has 0 atom stereocenters. The van der Waals surface area contributed by atoms with Crippen molar-refractivity contribution in [3.63, 3.8) is 0 Å². The second-order valence-electron chi connectivity index (χ2n) is 3.35. The molecule has 0 bridgehead atoms. The second kappa shape index (κ2) is 5.82. The average Bonchev–Trinajstić information content (AvgIpc) is 2.25. The van der Waals surface area contributed by atoms with Gasteiger partial charge in [0.05, 0.1) is 5.75 Å². The van der Waals surface area contributed by atoms with Gasteiger partial charge in [0.25, 0.3) is 0 Å². The molecule has 84 valence electrons. The Labute approximate surface area is 90.8 Å². The molecule has 4 nitrogen and oxygen atoms in total. The lowest BCUT2D eigenvalue weighted by molar-refractivity contribution is 0.578. The van der Waals surface area contributed by atoms with E-state index in [1.807, 2.05) is 6.92 Å². The van der Waals surface area contributed by atoms with Crippen LogP contribution in [0.2, 0.25) is 0 Å². The molecule has 0 aliphatic rings. The molecule has 1 aromatic rings. The number of hydrogen-bond donors (Lipinski definition) is 1. The number of nitrogens with one attached hydrogen (secondary N) is 1. The predicted molar refractivity (Wildman–Crippen MR) is 59.8 cm³/mol. The van der Waals surface area contributed by atoms with Crippen molar-refractivity contribution < 1.29 is 8.42 Å². The van der Waals surface area contributed by atoms with Crippen LogP contribution in [0.1, 0.15) is 25.3 Å². The minimum absolute atomic E-state index is 0.203. The Hall–Kier alpha value is -0.940. The molecule has 0 fully saturated rings. The van der Waals surface area contributed by atoms with Gasteiger partial charge in [0.15, 0.2) is 0 Å². The summed E-state index contributed by atoms with van der Waals surface area (Å²) in [7, 11) is -3.11. The summed E-state index contributed by atoms with van der Waals surface area (Å²) in [5.74, 6) is 0.203. The van der Waals surface area contributed by atoms with Crippen molar-refractivity contribution in [2.45, 2.75) is 26.3 Å². The van der Waals surface area contributed by atoms with Crippen molar-refractivity contribution in [2.24, 2.45) is 0 Å². The Morgan fingerprint density at radius 3 is 2.60 bits per heavy atom. The lowest BCUT2D eigenvalue weighted by atomic mass is 10.3. The molecular formula is C10H16N2O2S. The minimum atomic E-state index is -3.11. The van der Waals surface area contributed by atoms with Gasteiger partial charge in [0.1, 0.15) is 0 Å². The van der Waals surface area contributed by atoms with Crippen molar-refractivity contribution in [3.05, 3.63) is 30.1 Å². The highest BCUT2D eigenvalue weighted by Crippen LogP contribution is 1.98. The number of pyridine rings is 1. The fourth-order valence-corrected chi connectivity index (χ4v) is 2.30. The van der Waals surface area contributed by atoms with Crippen LogP contribution < -0.4 is 4.72 Å². The first-order chi connectivity index (χ1) is 7.14. The van der Waals surface area contributed by atoms with Crippen LogP contribution in [0.5, 0.6) is 0 Å². The first-order valence-corrected chi connectivity index (χ1v) is 6.65. The highest BCUT2D eigenvalue weighted by atomic mass is 32.2. The first-order valence-electron chi connectivity index (χ1n) is 5.00. The zero-order valence-electron chi connectivity index (χ0n) is 8.81. The van der Waals surface area contributed by atoms with Gasteiger partial charge in [-0.25, -0.2) is 13.1 Å². The summed E-state index contributed by atoms with van der Waals surface area (Å²) in [5.41, 5.74) is 0.921. The minimum Gasteiger partial charge on any atom is -0.265 e. The fourth-order valence-electron chi connectivity index (χ4n) is 1.10. The van der Waals surface area contributed by atoms with Gasteiger partial charge in [-0.1, -0.05) is 13.3 Å². The van der Waals surface area contributed by atoms with E-state index in [0.717, 1.165) is 12.0 Å². The topological polar surface area (TPSA) is 59.1 Å². The van der Waals surface area contributed by atoms with E-state index in [2.05, 4.69) is 9.71 Å². The van der Waals surface area contributed by atoms with Crippen molar-refractivity contribution in [1.82, 2.24) is 9.71 Å². The van der Waals surface area contributed by atoms with E-state index < -0.39 is 10.0 Å². The van der Waals surface area contributed by atoms with Crippen molar-refractivity contribution in [1.29, 1.82) is 0 Å². The zero-order chi connectivity index (χ0) is 11.1. The van der Waals surface area contributed by atoms with E-state index in [0.29, 0.717) is 13.0 Å². The van der Waals surface area contributed by atoms with E-state index in [1.165, 1.54) is 0 Å². The van der Waals surface area contributed by atoms with Crippen LogP contribution in [-0.2, 0) is 16.6 Å². The maximum Gasteiger partial charge on any atom is 0.211 e. The maximum absolute atomic E-state index is 11.4. The van der Waals surface area contributed by atoms with Crippen LogP contribution in [0.15, 0.2) is 24.5 Å². The van der Waals surface area contributed by atoms with Crippen LogP contribution in [0.3, 0.4) is 0 Å². The third-order valence-electron chi connectivity index (χ3n) is 2.01.